The van der Waals surface area contributed by atoms with Gasteiger partial charge in [-0.05, 0) is 11.8 Å². The molecule has 0 fully saturated rings. The maximum atomic E-state index is 5.49. The molecule has 0 saturated heterocycles. The van der Waals surface area contributed by atoms with Gasteiger partial charge in [-0.25, -0.2) is 0 Å². The van der Waals surface area contributed by atoms with Crippen LogP contribution in [0, 0.1) is 5.41 Å². The van der Waals surface area contributed by atoms with Crippen LogP contribution in [0.4, 0.5) is 0 Å². The van der Waals surface area contributed by atoms with E-state index in [0.29, 0.717) is 11.5 Å². The molecule has 0 saturated carbocycles. The topological polar surface area (TPSA) is 9.23 Å². The molecule has 0 bridgehead atoms. The molecule has 10 heavy (non-hydrogen) atoms. The molecule has 2 heteroatoms. The van der Waals surface area contributed by atoms with E-state index in [1.807, 2.05) is 0 Å². The van der Waals surface area contributed by atoms with Crippen molar-refractivity contribution < 1.29 is 4.43 Å². The summed E-state index contributed by atoms with van der Waals surface area (Å²) in [7, 11) is 0.867. The third-order valence-electron chi connectivity index (χ3n) is 1.80. The molecule has 0 aromatic carbocycles. The van der Waals surface area contributed by atoms with Crippen molar-refractivity contribution in [3.63, 3.8) is 0 Å². The fourth-order valence-corrected chi connectivity index (χ4v) is 2.11. The zero-order chi connectivity index (χ0) is 8.20. The highest BCUT2D eigenvalue weighted by Gasteiger charge is 2.22. The van der Waals surface area contributed by atoms with E-state index in [4.69, 9.17) is 4.43 Å². The van der Waals surface area contributed by atoms with Gasteiger partial charge in [0, 0.05) is 6.10 Å². The van der Waals surface area contributed by atoms with Gasteiger partial charge in [0.2, 0.25) is 0 Å². The Morgan fingerprint density at radius 1 is 1.40 bits per heavy atom. The van der Waals surface area contributed by atoms with E-state index in [9.17, 15) is 0 Å². The highest BCUT2D eigenvalue weighted by molar-refractivity contribution is 5.98. The van der Waals surface area contributed by atoms with Crippen LogP contribution in [-0.2, 0) is 4.43 Å². The van der Waals surface area contributed by atoms with Gasteiger partial charge in [-0.2, -0.15) is 0 Å². The number of hydrogen-bond acceptors (Lipinski definition) is 1. The van der Waals surface area contributed by atoms with Crippen LogP contribution in [0.2, 0.25) is 0 Å². The fourth-order valence-electron chi connectivity index (χ4n) is 1.17. The second-order valence-electron chi connectivity index (χ2n) is 3.88. The van der Waals surface area contributed by atoms with Gasteiger partial charge in [0.05, 0.1) is 0 Å². The summed E-state index contributed by atoms with van der Waals surface area (Å²) >= 11 is 0. The van der Waals surface area contributed by atoms with Crippen molar-refractivity contribution in [1.29, 1.82) is 0 Å². The van der Waals surface area contributed by atoms with Crippen molar-refractivity contribution in [2.45, 2.75) is 46.6 Å². The highest BCUT2D eigenvalue weighted by Crippen LogP contribution is 2.24. The predicted molar refractivity (Wildman–Crippen MR) is 49.2 cm³/mol. The summed E-state index contributed by atoms with van der Waals surface area (Å²) in [5, 5.41) is 0. The molecule has 0 rings (SSSR count). The minimum absolute atomic E-state index is 0.331. The van der Waals surface area contributed by atoms with Crippen LogP contribution >= 0.6 is 0 Å². The fraction of sp³-hybridized carbons (Fsp3) is 1.00. The van der Waals surface area contributed by atoms with Gasteiger partial charge in [-0.3, -0.25) is 0 Å². The minimum atomic E-state index is 0.331. The van der Waals surface area contributed by atoms with Crippen LogP contribution in [0.25, 0.3) is 0 Å². The van der Waals surface area contributed by atoms with Crippen molar-refractivity contribution in [3.05, 3.63) is 0 Å². The first-order valence-electron chi connectivity index (χ1n) is 4.05. The molecular weight excluding hydrogens is 140 g/mol. The number of rotatable bonds is 3. The quantitative estimate of drug-likeness (QED) is 0.569. The van der Waals surface area contributed by atoms with E-state index in [1.165, 1.54) is 12.8 Å². The Hall–Kier alpha value is 0.177. The molecule has 62 valence electrons. The van der Waals surface area contributed by atoms with E-state index in [1.54, 1.807) is 0 Å². The molecule has 0 radical (unpaired) electrons. The summed E-state index contributed by atoms with van der Waals surface area (Å²) in [5.74, 6) is 0. The Bertz CT molecular complexity index is 85.7. The van der Waals surface area contributed by atoms with Crippen LogP contribution in [0.5, 0.6) is 0 Å². The monoisotopic (exact) mass is 160 g/mol. The van der Waals surface area contributed by atoms with Gasteiger partial charge in [0.25, 0.3) is 0 Å². The zero-order valence-corrected chi connectivity index (χ0v) is 9.90. The third kappa shape index (κ3) is 3.37. The predicted octanol–water partition coefficient (Wildman–Crippen LogP) is 1.50. The van der Waals surface area contributed by atoms with Crippen molar-refractivity contribution >= 4 is 10.5 Å². The first-order valence-corrected chi connectivity index (χ1v) is 4.86. The van der Waals surface area contributed by atoms with Crippen molar-refractivity contribution in [2.24, 2.45) is 5.41 Å². The molecule has 0 aromatic rings. The van der Waals surface area contributed by atoms with Crippen molar-refractivity contribution in [2.75, 3.05) is 0 Å². The van der Waals surface area contributed by atoms with Gasteiger partial charge in [-0.1, -0.05) is 34.1 Å². The first kappa shape index (κ1) is 10.2. The standard InChI is InChI=1S/C8H20OSi/c1-5-6-7(9-10)8(2,3)4/h7H,5-6H2,1-4,10H3. The van der Waals surface area contributed by atoms with Gasteiger partial charge >= 0.3 is 0 Å². The van der Waals surface area contributed by atoms with E-state index in [0.717, 1.165) is 10.5 Å². The van der Waals surface area contributed by atoms with Crippen LogP contribution in [-0.4, -0.2) is 16.6 Å². The van der Waals surface area contributed by atoms with Crippen molar-refractivity contribution in [3.8, 4) is 0 Å². The number of hydrogen-bond donors (Lipinski definition) is 0. The summed E-state index contributed by atoms with van der Waals surface area (Å²) in [6, 6.07) is 0. The van der Waals surface area contributed by atoms with E-state index < -0.39 is 0 Å². The normalized spacial score (nSPS) is 15.6. The molecule has 1 unspecified atom stereocenters. The SMILES string of the molecule is CCCC(O[SiH3])C(C)(C)C. The van der Waals surface area contributed by atoms with Gasteiger partial charge in [0.1, 0.15) is 10.5 Å². The van der Waals surface area contributed by atoms with Gasteiger partial charge < -0.3 is 4.43 Å². The Morgan fingerprint density at radius 3 is 2.00 bits per heavy atom. The van der Waals surface area contributed by atoms with Gasteiger partial charge in [-0.15, -0.1) is 0 Å². The lowest BCUT2D eigenvalue weighted by Gasteiger charge is -2.29. The average molecular weight is 160 g/mol. The average Bonchev–Trinajstić information content (AvgIpc) is 1.80. The van der Waals surface area contributed by atoms with Crippen LogP contribution in [0.1, 0.15) is 40.5 Å². The third-order valence-corrected chi connectivity index (χ3v) is 2.37. The molecule has 0 N–H and O–H groups in total. The lowest BCUT2D eigenvalue weighted by molar-refractivity contribution is 0.0879. The van der Waals surface area contributed by atoms with Gasteiger partial charge in [0.15, 0.2) is 0 Å². The molecular formula is C8H20OSi. The van der Waals surface area contributed by atoms with E-state index in [-0.39, 0.29) is 0 Å². The second kappa shape index (κ2) is 4.14. The Kier molecular flexibility index (Phi) is 4.21. The Morgan fingerprint density at radius 2 is 1.90 bits per heavy atom. The molecule has 0 aliphatic carbocycles. The van der Waals surface area contributed by atoms with E-state index >= 15 is 0 Å². The summed E-state index contributed by atoms with van der Waals surface area (Å²) in [6.45, 7) is 8.93. The van der Waals surface area contributed by atoms with Crippen LogP contribution in [0.3, 0.4) is 0 Å². The lowest BCUT2D eigenvalue weighted by Crippen LogP contribution is -2.28. The summed E-state index contributed by atoms with van der Waals surface area (Å²) in [5.41, 5.74) is 0.331. The molecule has 0 amide bonds. The highest BCUT2D eigenvalue weighted by atomic mass is 28.2. The van der Waals surface area contributed by atoms with E-state index in [2.05, 4.69) is 27.7 Å². The largest absolute Gasteiger partial charge is 0.425 e. The van der Waals surface area contributed by atoms with Crippen LogP contribution in [0.15, 0.2) is 0 Å². The first-order chi connectivity index (χ1) is 4.52. The Balaban J connectivity index is 3.81. The van der Waals surface area contributed by atoms with Crippen molar-refractivity contribution in [1.82, 2.24) is 0 Å². The lowest BCUT2D eigenvalue weighted by atomic mass is 9.87. The summed E-state index contributed by atoms with van der Waals surface area (Å²) in [4.78, 5) is 0. The maximum absolute atomic E-state index is 5.49. The molecule has 1 atom stereocenters. The smallest absolute Gasteiger partial charge is 0.146 e. The second-order valence-corrected chi connectivity index (χ2v) is 4.35. The Labute approximate surface area is 67.7 Å². The minimum Gasteiger partial charge on any atom is -0.425 e. The molecule has 0 aromatic heterocycles. The zero-order valence-electron chi connectivity index (χ0n) is 7.90. The maximum Gasteiger partial charge on any atom is 0.146 e. The molecule has 0 spiro atoms. The molecule has 0 heterocycles. The molecule has 1 nitrogen and oxygen atoms in total. The summed E-state index contributed by atoms with van der Waals surface area (Å²) < 4.78 is 5.49. The summed E-state index contributed by atoms with van der Waals surface area (Å²) in [6.07, 6.45) is 2.90. The molecule has 0 aliphatic heterocycles. The molecule has 0 aliphatic rings. The van der Waals surface area contributed by atoms with Crippen LogP contribution < -0.4 is 0 Å².